The standard InChI is InChI=1S/3FH.3H2S/h3*1H;3*1H2. The summed E-state index contributed by atoms with van der Waals surface area (Å²) in [5.41, 5.74) is 0. The molecule has 6 heavy (non-hydrogen) atoms. The van der Waals surface area contributed by atoms with E-state index in [0.29, 0.717) is 0 Å². The first-order chi connectivity index (χ1) is 0. The molecule has 0 bridgehead atoms. The largest absolute Gasteiger partial charge is 1.00 e. The monoisotopic (exact) mass is 162 g/mol. The lowest BCUT2D eigenvalue weighted by Gasteiger charge is -1.00. The summed E-state index contributed by atoms with van der Waals surface area (Å²) in [5, 5.41) is 0. The highest BCUT2D eigenvalue weighted by atomic mass is 32.1. The van der Waals surface area contributed by atoms with Crippen LogP contribution in [0.3, 0.4) is 0 Å². The van der Waals surface area contributed by atoms with Crippen LogP contribution in [-0.4, -0.2) is 0 Å². The molecule has 0 saturated heterocycles. The maximum absolute atomic E-state index is 0. The minimum atomic E-state index is 0. The molecule has 0 aliphatic rings. The van der Waals surface area contributed by atoms with Gasteiger partial charge in [0.2, 0.25) is 0 Å². The van der Waals surface area contributed by atoms with Crippen LogP contribution in [0.4, 0.5) is 0 Å². The molecule has 0 aliphatic heterocycles. The molecule has 0 radical (unpaired) electrons. The van der Waals surface area contributed by atoms with Crippen molar-refractivity contribution in [1.29, 1.82) is 0 Å². The third-order valence-corrected chi connectivity index (χ3v) is 0. The van der Waals surface area contributed by atoms with E-state index < -0.39 is 0 Å². The van der Waals surface area contributed by atoms with Crippen LogP contribution in [0.2, 0.25) is 0 Å². The molecule has 0 atom stereocenters. The molecule has 6 heteroatoms. The van der Waals surface area contributed by atoms with Crippen molar-refractivity contribution in [2.24, 2.45) is 0 Å². The van der Waals surface area contributed by atoms with E-state index in [-0.39, 0.29) is 54.6 Å². The highest BCUT2D eigenvalue weighted by Gasteiger charge is -0.0556. The van der Waals surface area contributed by atoms with Crippen LogP contribution in [0.25, 0.3) is 0 Å². The lowest BCUT2D eigenvalue weighted by molar-refractivity contribution is -0.001000. The van der Waals surface area contributed by atoms with Crippen molar-refractivity contribution >= 4 is 40.5 Å². The first-order valence-electron chi connectivity index (χ1n) is 0. The highest BCUT2D eigenvalue weighted by molar-refractivity contribution is 7.37. The van der Waals surface area contributed by atoms with E-state index in [0.717, 1.165) is 0 Å². The van der Waals surface area contributed by atoms with Gasteiger partial charge in [0.05, 0.1) is 0 Å². The van der Waals surface area contributed by atoms with Gasteiger partial charge in [-0.15, -0.1) is 0 Å². The van der Waals surface area contributed by atoms with Gasteiger partial charge in [-0.25, -0.2) is 0 Å². The SMILES string of the molecule is [F-].[F-].[F-].[SH3+].[SH3+].[SH3+]. The zero-order chi connectivity index (χ0) is 0. The fourth-order valence-electron chi connectivity index (χ4n) is 0. The van der Waals surface area contributed by atoms with Crippen molar-refractivity contribution in [2.75, 3.05) is 0 Å². The number of hydrogen-bond acceptors (Lipinski definition) is 0. The predicted molar refractivity (Wildman–Crippen MR) is 34.6 cm³/mol. The molecule has 0 amide bonds. The van der Waals surface area contributed by atoms with Gasteiger partial charge in [-0.1, -0.05) is 40.5 Å². The van der Waals surface area contributed by atoms with Crippen molar-refractivity contribution in [3.63, 3.8) is 0 Å². The Hall–Kier alpha value is 0.840. The topological polar surface area (TPSA) is 0 Å². The summed E-state index contributed by atoms with van der Waals surface area (Å²) in [6, 6.07) is 0. The summed E-state index contributed by atoms with van der Waals surface area (Å²) in [6.07, 6.45) is 0. The van der Waals surface area contributed by atoms with Crippen molar-refractivity contribution in [3.05, 3.63) is 0 Å². The Morgan fingerprint density at radius 3 is 0.333 bits per heavy atom. The van der Waals surface area contributed by atoms with E-state index in [1.54, 1.807) is 0 Å². The minimum Gasteiger partial charge on any atom is -1.00 e. The smallest absolute Gasteiger partial charge is 0.0576 e. The molecular weight excluding hydrogens is 153 g/mol. The highest BCUT2D eigenvalue weighted by Crippen LogP contribution is -0.000397. The van der Waals surface area contributed by atoms with Gasteiger partial charge >= 0.3 is 0 Å². The Balaban J connectivity index is 0. The Morgan fingerprint density at radius 1 is 0.333 bits per heavy atom. The van der Waals surface area contributed by atoms with Crippen LogP contribution < -0.4 is 14.1 Å². The van der Waals surface area contributed by atoms with Gasteiger partial charge in [-0.3, -0.25) is 0 Å². The van der Waals surface area contributed by atoms with Gasteiger partial charge < -0.3 is 14.1 Å². The van der Waals surface area contributed by atoms with Crippen LogP contribution in [0.5, 0.6) is 0 Å². The second-order valence-corrected chi connectivity index (χ2v) is 0. The molecule has 0 N–H and O–H groups in total. The number of rotatable bonds is 0. The molecular formula is H9F3S3. The summed E-state index contributed by atoms with van der Waals surface area (Å²) in [6.45, 7) is 0. The van der Waals surface area contributed by atoms with Crippen LogP contribution in [0.1, 0.15) is 0 Å². The third-order valence-electron chi connectivity index (χ3n) is 0. The molecule has 0 nitrogen and oxygen atoms in total. The van der Waals surface area contributed by atoms with Gasteiger partial charge in [0.25, 0.3) is 0 Å². The maximum Gasteiger partial charge on any atom is -0.0576 e. The van der Waals surface area contributed by atoms with Crippen molar-refractivity contribution < 1.29 is 14.1 Å². The molecule has 0 aromatic heterocycles. The van der Waals surface area contributed by atoms with Crippen LogP contribution in [0.15, 0.2) is 0 Å². The van der Waals surface area contributed by atoms with E-state index in [2.05, 4.69) is 0 Å². The Bertz CT molecular complexity index is 6.00. The lowest BCUT2D eigenvalue weighted by atomic mass is 19.0. The first kappa shape index (κ1) is 331. The molecule has 0 rings (SSSR count). The van der Waals surface area contributed by atoms with Gasteiger partial charge in [-0.2, -0.15) is 0 Å². The van der Waals surface area contributed by atoms with Gasteiger partial charge in [0, 0.05) is 0 Å². The van der Waals surface area contributed by atoms with Crippen molar-refractivity contribution in [3.8, 4) is 0 Å². The van der Waals surface area contributed by atoms with E-state index in [1.807, 2.05) is 0 Å². The fraction of sp³-hybridized carbons (Fsp3) is 0. The number of halogens is 3. The van der Waals surface area contributed by atoms with Gasteiger partial charge in [0.15, 0.2) is 0 Å². The zero-order valence-electron chi connectivity index (χ0n) is 2.87. The average Bonchev–Trinajstić information content (AvgIpc) is 0. The minimum absolute atomic E-state index is 0. The first-order valence-corrected chi connectivity index (χ1v) is 0. The Kier molecular flexibility index (Phi) is 10700. The quantitative estimate of drug-likeness (QED) is 0.310. The molecule has 0 aliphatic carbocycles. The molecule has 0 fully saturated rings. The van der Waals surface area contributed by atoms with E-state index in [4.69, 9.17) is 0 Å². The van der Waals surface area contributed by atoms with Crippen LogP contribution in [-0.2, 0) is 40.5 Å². The summed E-state index contributed by atoms with van der Waals surface area (Å²) < 4.78 is 0. The van der Waals surface area contributed by atoms with Gasteiger partial charge in [-0.05, 0) is 0 Å². The summed E-state index contributed by atoms with van der Waals surface area (Å²) in [5.74, 6) is 0. The molecule has 0 aromatic rings. The summed E-state index contributed by atoms with van der Waals surface area (Å²) >= 11 is 0. The molecule has 48 valence electrons. The van der Waals surface area contributed by atoms with Crippen molar-refractivity contribution in [2.45, 2.75) is 0 Å². The normalized spacial score (nSPS) is 0. The average molecular weight is 162 g/mol. The predicted octanol–water partition coefficient (Wildman–Crippen LogP) is -11.4. The lowest BCUT2D eigenvalue weighted by Crippen LogP contribution is -3.00. The van der Waals surface area contributed by atoms with Gasteiger partial charge in [0.1, 0.15) is 0 Å². The Morgan fingerprint density at radius 2 is 0.333 bits per heavy atom. The van der Waals surface area contributed by atoms with Crippen molar-refractivity contribution in [1.82, 2.24) is 0 Å². The molecule has 0 unspecified atom stereocenters. The molecule has 0 saturated carbocycles. The summed E-state index contributed by atoms with van der Waals surface area (Å²) in [4.78, 5) is 0. The third kappa shape index (κ3) is 101. The summed E-state index contributed by atoms with van der Waals surface area (Å²) in [7, 11) is 0. The molecule has 0 aromatic carbocycles. The van der Waals surface area contributed by atoms with E-state index in [1.165, 1.54) is 0 Å². The maximum atomic E-state index is 0. The zero-order valence-corrected chi connectivity index (χ0v) is 6.33. The molecule has 0 spiro atoms. The van der Waals surface area contributed by atoms with E-state index in [9.17, 15) is 0 Å². The Labute approximate surface area is 55.1 Å². The number of hydrogen-bond donors (Lipinski definition) is 0. The second-order valence-electron chi connectivity index (χ2n) is 0. The van der Waals surface area contributed by atoms with E-state index >= 15 is 0 Å². The second kappa shape index (κ2) is 194. The van der Waals surface area contributed by atoms with Crippen LogP contribution in [0, 0.1) is 0 Å². The fourth-order valence-corrected chi connectivity index (χ4v) is 0. The molecule has 0 heterocycles. The van der Waals surface area contributed by atoms with Crippen LogP contribution >= 0.6 is 0 Å².